The highest BCUT2D eigenvalue weighted by Gasteiger charge is 2.40. The van der Waals surface area contributed by atoms with Gasteiger partial charge in [0.2, 0.25) is 0 Å². The van der Waals surface area contributed by atoms with Crippen LogP contribution in [-0.2, 0) is 4.74 Å². The van der Waals surface area contributed by atoms with Crippen LogP contribution in [0.5, 0.6) is 0 Å². The molecular formula is C20H26N4O3. The highest BCUT2D eigenvalue weighted by atomic mass is 16.5. The standard InChI is InChI=1S/C20H26N4O3/c1-13-19(14-2-4-23(13)5-3-14)22-20(25)16-11-17-15(12-21-16)10-18(27-17)24-6-8-26-9-7-24/h10-14,19H,2-9H2,1H3,(H,22,25). The summed E-state index contributed by atoms with van der Waals surface area (Å²) in [4.78, 5) is 21.9. The summed E-state index contributed by atoms with van der Waals surface area (Å²) in [5, 5.41) is 4.16. The lowest BCUT2D eigenvalue weighted by Gasteiger charge is -2.49. The summed E-state index contributed by atoms with van der Waals surface area (Å²) in [6, 6.07) is 4.35. The molecule has 2 aromatic rings. The molecule has 4 aliphatic heterocycles. The number of pyridine rings is 1. The van der Waals surface area contributed by atoms with Crippen LogP contribution in [0, 0.1) is 5.92 Å². The van der Waals surface area contributed by atoms with E-state index in [-0.39, 0.29) is 11.9 Å². The maximum atomic E-state index is 12.8. The molecule has 2 aromatic heterocycles. The topological polar surface area (TPSA) is 70.8 Å². The van der Waals surface area contributed by atoms with Gasteiger partial charge in [0.05, 0.1) is 13.2 Å². The number of fused-ring (bicyclic) bond motifs is 4. The number of aromatic nitrogens is 1. The van der Waals surface area contributed by atoms with Gasteiger partial charge in [-0.15, -0.1) is 0 Å². The molecule has 27 heavy (non-hydrogen) atoms. The molecule has 0 aromatic carbocycles. The predicted molar refractivity (Wildman–Crippen MR) is 102 cm³/mol. The van der Waals surface area contributed by atoms with E-state index < -0.39 is 0 Å². The minimum atomic E-state index is -0.105. The molecule has 0 aliphatic carbocycles. The number of amides is 1. The van der Waals surface area contributed by atoms with Crippen LogP contribution in [-0.4, -0.2) is 67.3 Å². The smallest absolute Gasteiger partial charge is 0.270 e. The van der Waals surface area contributed by atoms with Crippen molar-refractivity contribution in [3.8, 4) is 0 Å². The molecule has 2 atom stereocenters. The number of furan rings is 1. The Balaban J connectivity index is 1.34. The maximum Gasteiger partial charge on any atom is 0.270 e. The quantitative estimate of drug-likeness (QED) is 0.890. The second-order valence-electron chi connectivity index (χ2n) is 7.90. The maximum absolute atomic E-state index is 12.8. The van der Waals surface area contributed by atoms with Gasteiger partial charge in [-0.1, -0.05) is 0 Å². The van der Waals surface area contributed by atoms with E-state index in [0.29, 0.717) is 36.5 Å². The SMILES string of the molecule is CC1C(NC(=O)c2cc3oc(N4CCOCC4)cc3cn2)C2CCN1CC2. The number of carbonyl (C=O) groups is 1. The molecule has 6 rings (SSSR count). The third kappa shape index (κ3) is 3.08. The van der Waals surface area contributed by atoms with Crippen molar-refractivity contribution in [1.82, 2.24) is 15.2 Å². The molecule has 4 fully saturated rings. The largest absolute Gasteiger partial charge is 0.440 e. The lowest BCUT2D eigenvalue weighted by Crippen LogP contribution is -2.62. The molecule has 2 unspecified atom stereocenters. The van der Waals surface area contributed by atoms with Crippen LogP contribution >= 0.6 is 0 Å². The molecule has 7 nitrogen and oxygen atoms in total. The first kappa shape index (κ1) is 17.0. The number of hydrogen-bond donors (Lipinski definition) is 1. The average Bonchev–Trinajstić information content (AvgIpc) is 3.15. The van der Waals surface area contributed by atoms with Crippen molar-refractivity contribution in [2.45, 2.75) is 31.8 Å². The molecule has 6 heterocycles. The van der Waals surface area contributed by atoms with Gasteiger partial charge in [-0.3, -0.25) is 14.7 Å². The molecule has 0 spiro atoms. The second kappa shape index (κ2) is 6.80. The Labute approximate surface area is 158 Å². The highest BCUT2D eigenvalue weighted by molar-refractivity contribution is 5.96. The summed E-state index contributed by atoms with van der Waals surface area (Å²) in [6.07, 6.45) is 4.07. The molecule has 7 heteroatoms. The normalized spacial score (nSPS) is 30.6. The summed E-state index contributed by atoms with van der Waals surface area (Å²) < 4.78 is 11.4. The number of nitrogens with zero attached hydrogens (tertiary/aromatic N) is 3. The fourth-order valence-corrected chi connectivity index (χ4v) is 4.75. The van der Waals surface area contributed by atoms with E-state index in [2.05, 4.69) is 27.0 Å². The number of hydrogen-bond acceptors (Lipinski definition) is 6. The second-order valence-corrected chi connectivity index (χ2v) is 7.90. The fourth-order valence-electron chi connectivity index (χ4n) is 4.75. The van der Waals surface area contributed by atoms with E-state index in [4.69, 9.17) is 9.15 Å². The number of carbonyl (C=O) groups excluding carboxylic acids is 1. The average molecular weight is 370 g/mol. The van der Waals surface area contributed by atoms with Crippen LogP contribution in [0.4, 0.5) is 5.88 Å². The van der Waals surface area contributed by atoms with E-state index in [1.165, 1.54) is 12.8 Å². The summed E-state index contributed by atoms with van der Waals surface area (Å²) in [5.74, 6) is 1.29. The van der Waals surface area contributed by atoms with E-state index >= 15 is 0 Å². The Morgan fingerprint density at radius 2 is 1.96 bits per heavy atom. The van der Waals surface area contributed by atoms with Crippen molar-refractivity contribution in [3.63, 3.8) is 0 Å². The Morgan fingerprint density at radius 3 is 2.70 bits per heavy atom. The predicted octanol–water partition coefficient (Wildman–Crippen LogP) is 1.88. The molecule has 4 aliphatic rings. The number of morpholine rings is 1. The van der Waals surface area contributed by atoms with Crippen molar-refractivity contribution in [1.29, 1.82) is 0 Å². The zero-order valence-corrected chi connectivity index (χ0v) is 15.7. The van der Waals surface area contributed by atoms with E-state index in [0.717, 1.165) is 37.4 Å². The van der Waals surface area contributed by atoms with Gasteiger partial charge in [-0.2, -0.15) is 0 Å². The van der Waals surface area contributed by atoms with Crippen molar-refractivity contribution in [3.05, 3.63) is 24.0 Å². The minimum absolute atomic E-state index is 0.105. The van der Waals surface area contributed by atoms with E-state index in [9.17, 15) is 4.79 Å². The van der Waals surface area contributed by atoms with Crippen LogP contribution in [0.15, 0.2) is 22.7 Å². The molecule has 144 valence electrons. The lowest BCUT2D eigenvalue weighted by atomic mass is 9.79. The van der Waals surface area contributed by atoms with E-state index in [1.807, 2.05) is 6.07 Å². The number of piperidine rings is 3. The van der Waals surface area contributed by atoms with E-state index in [1.54, 1.807) is 12.3 Å². The van der Waals surface area contributed by atoms with Gasteiger partial charge in [-0.25, -0.2) is 0 Å². The van der Waals surface area contributed by atoms with Crippen molar-refractivity contribution in [2.75, 3.05) is 44.3 Å². The fraction of sp³-hybridized carbons (Fsp3) is 0.600. The molecule has 0 radical (unpaired) electrons. The van der Waals surface area contributed by atoms with Crippen molar-refractivity contribution in [2.24, 2.45) is 5.92 Å². The zero-order chi connectivity index (χ0) is 18.4. The van der Waals surface area contributed by atoms with Gasteiger partial charge >= 0.3 is 0 Å². The van der Waals surface area contributed by atoms with Gasteiger partial charge < -0.3 is 19.4 Å². The van der Waals surface area contributed by atoms with Crippen LogP contribution in [0.3, 0.4) is 0 Å². The summed E-state index contributed by atoms with van der Waals surface area (Å²) in [7, 11) is 0. The molecule has 2 bridgehead atoms. The Bertz CT molecular complexity index is 835. The van der Waals surface area contributed by atoms with Crippen LogP contribution in [0.25, 0.3) is 11.0 Å². The van der Waals surface area contributed by atoms with Crippen LogP contribution in [0.1, 0.15) is 30.3 Å². The summed E-state index contributed by atoms with van der Waals surface area (Å²) in [6.45, 7) is 7.57. The van der Waals surface area contributed by atoms with Crippen molar-refractivity contribution < 1.29 is 13.9 Å². The van der Waals surface area contributed by atoms with Gasteiger partial charge in [0.1, 0.15) is 11.3 Å². The van der Waals surface area contributed by atoms with Crippen LogP contribution < -0.4 is 10.2 Å². The third-order valence-corrected chi connectivity index (χ3v) is 6.42. The zero-order valence-electron chi connectivity index (χ0n) is 15.7. The molecule has 0 saturated carbocycles. The third-order valence-electron chi connectivity index (χ3n) is 6.42. The highest BCUT2D eigenvalue weighted by Crippen LogP contribution is 2.32. The minimum Gasteiger partial charge on any atom is -0.440 e. The van der Waals surface area contributed by atoms with Gasteiger partial charge in [0.15, 0.2) is 5.88 Å². The lowest BCUT2D eigenvalue weighted by molar-refractivity contribution is 0.0216. The summed E-state index contributed by atoms with van der Waals surface area (Å²) in [5.41, 5.74) is 1.13. The number of nitrogens with one attached hydrogen (secondary N) is 1. The molecule has 1 amide bonds. The molecule has 4 saturated heterocycles. The first-order chi connectivity index (χ1) is 13.2. The Hall–Kier alpha value is -2.12. The Kier molecular flexibility index (Phi) is 4.28. The first-order valence-corrected chi connectivity index (χ1v) is 9.96. The van der Waals surface area contributed by atoms with Crippen LogP contribution in [0.2, 0.25) is 0 Å². The van der Waals surface area contributed by atoms with Gasteiger partial charge in [-0.05, 0) is 38.8 Å². The number of rotatable bonds is 3. The first-order valence-electron chi connectivity index (χ1n) is 9.96. The van der Waals surface area contributed by atoms with Crippen molar-refractivity contribution >= 4 is 22.8 Å². The number of anilines is 1. The monoisotopic (exact) mass is 370 g/mol. The number of ether oxygens (including phenoxy) is 1. The summed E-state index contributed by atoms with van der Waals surface area (Å²) >= 11 is 0. The van der Waals surface area contributed by atoms with Gasteiger partial charge in [0, 0.05) is 48.9 Å². The molecular weight excluding hydrogens is 344 g/mol. The Morgan fingerprint density at radius 1 is 1.19 bits per heavy atom. The molecule has 1 N–H and O–H groups in total. The van der Waals surface area contributed by atoms with Gasteiger partial charge in [0.25, 0.3) is 5.91 Å².